The van der Waals surface area contributed by atoms with Crippen molar-refractivity contribution in [3.8, 4) is 5.75 Å². The molecule has 0 bridgehead atoms. The Morgan fingerprint density at radius 3 is 2.44 bits per heavy atom. The van der Waals surface area contributed by atoms with Crippen molar-refractivity contribution in [3.05, 3.63) is 64.6 Å². The Kier molecular flexibility index (Phi) is 11.7. The van der Waals surface area contributed by atoms with Gasteiger partial charge in [-0.1, -0.05) is 34.1 Å². The zero-order valence-corrected chi connectivity index (χ0v) is 19.5. The Bertz CT molecular complexity index is 819. The summed E-state index contributed by atoms with van der Waals surface area (Å²) in [6.45, 7) is 2.86. The molecule has 2 rings (SSSR count). The zero-order valence-electron chi connectivity index (χ0n) is 18.0. The first-order valence-corrected chi connectivity index (χ1v) is 11.2. The number of halogens is 1. The van der Waals surface area contributed by atoms with Crippen LogP contribution in [0.2, 0.25) is 0 Å². The second kappa shape index (κ2) is 14.6. The number of hydrogen-bond donors (Lipinski definition) is 3. The van der Waals surface area contributed by atoms with E-state index in [0.717, 1.165) is 4.47 Å². The molecular formula is C23H29BrN2O6. The Labute approximate surface area is 196 Å². The Morgan fingerprint density at radius 2 is 1.78 bits per heavy atom. The quantitative estimate of drug-likeness (QED) is 0.156. The number of carbonyl (C=O) groups excluding carboxylic acids is 2. The summed E-state index contributed by atoms with van der Waals surface area (Å²) in [5, 5.41) is 12.1. The third-order valence-corrected chi connectivity index (χ3v) is 5.19. The normalized spacial score (nSPS) is 12.6. The molecule has 2 amide bonds. The zero-order chi connectivity index (χ0) is 23.2. The highest BCUT2D eigenvalue weighted by atomic mass is 79.9. The summed E-state index contributed by atoms with van der Waals surface area (Å²) in [6.07, 6.45) is 0.594. The maximum atomic E-state index is 12.7. The number of hydroxylamine groups is 1. The molecular weight excluding hydrogens is 480 g/mol. The van der Waals surface area contributed by atoms with E-state index in [0.29, 0.717) is 24.3 Å². The van der Waals surface area contributed by atoms with Crippen molar-refractivity contribution in [3.63, 3.8) is 0 Å². The molecule has 0 aliphatic rings. The van der Waals surface area contributed by atoms with Crippen molar-refractivity contribution in [2.45, 2.75) is 25.8 Å². The van der Waals surface area contributed by atoms with Crippen LogP contribution in [0.25, 0.3) is 0 Å². The van der Waals surface area contributed by atoms with E-state index in [1.54, 1.807) is 29.7 Å². The minimum atomic E-state index is -0.602. The molecule has 3 N–H and O–H groups in total. The SMILES string of the molecule is CCOCOCC(CC(CCOc1ccccc1)C(=O)NO)NC(=O)c1ccc(Br)cc1. The summed E-state index contributed by atoms with van der Waals surface area (Å²) in [5.41, 5.74) is 2.19. The minimum absolute atomic E-state index is 0.0785. The fraction of sp³-hybridized carbons (Fsp3) is 0.391. The molecule has 0 fully saturated rings. The third-order valence-electron chi connectivity index (χ3n) is 4.66. The van der Waals surface area contributed by atoms with Gasteiger partial charge in [0.25, 0.3) is 5.91 Å². The number of para-hydroxylation sites is 1. The molecule has 9 heteroatoms. The Balaban J connectivity index is 2.01. The van der Waals surface area contributed by atoms with Gasteiger partial charge >= 0.3 is 0 Å². The lowest BCUT2D eigenvalue weighted by molar-refractivity contribution is -0.134. The van der Waals surface area contributed by atoms with Crippen molar-refractivity contribution in [1.29, 1.82) is 0 Å². The van der Waals surface area contributed by atoms with E-state index in [1.807, 2.05) is 37.3 Å². The van der Waals surface area contributed by atoms with Gasteiger partial charge in [-0.05, 0) is 56.2 Å². The molecule has 2 atom stereocenters. The number of carbonyl (C=O) groups is 2. The third kappa shape index (κ3) is 9.35. The maximum absolute atomic E-state index is 12.7. The number of hydrogen-bond acceptors (Lipinski definition) is 6. The molecule has 0 spiro atoms. The van der Waals surface area contributed by atoms with Crippen LogP contribution in [0.3, 0.4) is 0 Å². The highest BCUT2D eigenvalue weighted by Gasteiger charge is 2.25. The summed E-state index contributed by atoms with van der Waals surface area (Å²) in [4.78, 5) is 24.9. The van der Waals surface area contributed by atoms with Gasteiger partial charge in [-0.3, -0.25) is 14.8 Å². The van der Waals surface area contributed by atoms with Gasteiger partial charge in [0.15, 0.2) is 0 Å². The lowest BCUT2D eigenvalue weighted by Crippen LogP contribution is -2.42. The van der Waals surface area contributed by atoms with Gasteiger partial charge in [0.2, 0.25) is 5.91 Å². The molecule has 0 heterocycles. The molecule has 0 aliphatic heterocycles. The predicted octanol–water partition coefficient (Wildman–Crippen LogP) is 3.54. The number of benzene rings is 2. The molecule has 32 heavy (non-hydrogen) atoms. The lowest BCUT2D eigenvalue weighted by Gasteiger charge is -2.23. The van der Waals surface area contributed by atoms with Crippen LogP contribution in [-0.2, 0) is 14.3 Å². The fourth-order valence-electron chi connectivity index (χ4n) is 3.00. The Morgan fingerprint density at radius 1 is 1.06 bits per heavy atom. The van der Waals surface area contributed by atoms with Crippen LogP contribution < -0.4 is 15.5 Å². The van der Waals surface area contributed by atoms with Crippen molar-refractivity contribution in [2.24, 2.45) is 5.92 Å². The molecule has 0 aliphatic carbocycles. The van der Waals surface area contributed by atoms with Crippen molar-refractivity contribution in [2.75, 3.05) is 26.6 Å². The monoisotopic (exact) mass is 508 g/mol. The van der Waals surface area contributed by atoms with Crippen LogP contribution in [0.1, 0.15) is 30.1 Å². The van der Waals surface area contributed by atoms with Crippen LogP contribution in [0.15, 0.2) is 59.1 Å². The number of nitrogens with one attached hydrogen (secondary N) is 2. The van der Waals surface area contributed by atoms with Gasteiger partial charge in [0, 0.05) is 22.6 Å². The molecule has 0 radical (unpaired) electrons. The molecule has 2 aromatic carbocycles. The van der Waals surface area contributed by atoms with Gasteiger partial charge in [-0.2, -0.15) is 0 Å². The summed E-state index contributed by atoms with van der Waals surface area (Å²) >= 11 is 3.35. The van der Waals surface area contributed by atoms with E-state index < -0.39 is 17.9 Å². The second-order valence-electron chi connectivity index (χ2n) is 7.02. The highest BCUT2D eigenvalue weighted by Crippen LogP contribution is 2.16. The smallest absolute Gasteiger partial charge is 0.251 e. The number of amides is 2. The molecule has 2 unspecified atom stereocenters. The maximum Gasteiger partial charge on any atom is 0.251 e. The average molecular weight is 509 g/mol. The summed E-state index contributed by atoms with van der Waals surface area (Å²) in [6, 6.07) is 15.7. The topological polar surface area (TPSA) is 106 Å². The highest BCUT2D eigenvalue weighted by molar-refractivity contribution is 9.10. The summed E-state index contributed by atoms with van der Waals surface area (Å²) in [7, 11) is 0. The van der Waals surface area contributed by atoms with Gasteiger partial charge in [-0.25, -0.2) is 5.48 Å². The van der Waals surface area contributed by atoms with Crippen LogP contribution in [0.4, 0.5) is 0 Å². The van der Waals surface area contributed by atoms with Crippen molar-refractivity contribution in [1.82, 2.24) is 10.8 Å². The number of rotatable bonds is 14. The minimum Gasteiger partial charge on any atom is -0.494 e. The van der Waals surface area contributed by atoms with E-state index >= 15 is 0 Å². The predicted molar refractivity (Wildman–Crippen MR) is 122 cm³/mol. The van der Waals surface area contributed by atoms with Crippen LogP contribution >= 0.6 is 15.9 Å². The summed E-state index contributed by atoms with van der Waals surface area (Å²) in [5.74, 6) is -0.744. The van der Waals surface area contributed by atoms with Crippen LogP contribution in [-0.4, -0.2) is 49.7 Å². The fourth-order valence-corrected chi connectivity index (χ4v) is 3.26. The van der Waals surface area contributed by atoms with Gasteiger partial charge < -0.3 is 19.5 Å². The van der Waals surface area contributed by atoms with Crippen LogP contribution in [0.5, 0.6) is 5.75 Å². The molecule has 8 nitrogen and oxygen atoms in total. The van der Waals surface area contributed by atoms with E-state index in [9.17, 15) is 14.8 Å². The Hall–Kier alpha value is -2.46. The average Bonchev–Trinajstić information content (AvgIpc) is 2.81. The van der Waals surface area contributed by atoms with Gasteiger partial charge in [0.1, 0.15) is 12.5 Å². The first kappa shape index (κ1) is 25.8. The van der Waals surface area contributed by atoms with Crippen molar-refractivity contribution >= 4 is 27.7 Å². The first-order chi connectivity index (χ1) is 15.5. The molecule has 0 aromatic heterocycles. The first-order valence-electron chi connectivity index (χ1n) is 10.4. The molecule has 2 aromatic rings. The summed E-state index contributed by atoms with van der Waals surface area (Å²) < 4.78 is 17.3. The van der Waals surface area contributed by atoms with Gasteiger partial charge in [-0.15, -0.1) is 0 Å². The van der Waals surface area contributed by atoms with E-state index in [2.05, 4.69) is 21.2 Å². The van der Waals surface area contributed by atoms with Crippen molar-refractivity contribution < 1.29 is 29.0 Å². The standard InChI is InChI=1S/C23H29BrN2O6/c1-2-30-16-31-15-20(25-22(27)17-8-10-19(24)11-9-17)14-18(23(28)26-29)12-13-32-21-6-4-3-5-7-21/h3-11,18,20,29H,2,12-16H2,1H3,(H,25,27)(H,26,28). The van der Waals surface area contributed by atoms with Crippen LogP contribution in [0, 0.1) is 5.92 Å². The van der Waals surface area contributed by atoms with E-state index in [-0.39, 0.29) is 32.3 Å². The molecule has 174 valence electrons. The van der Waals surface area contributed by atoms with E-state index in [1.165, 1.54) is 0 Å². The largest absolute Gasteiger partial charge is 0.494 e. The second-order valence-corrected chi connectivity index (χ2v) is 7.93. The molecule has 0 saturated carbocycles. The van der Waals surface area contributed by atoms with Gasteiger partial charge in [0.05, 0.1) is 19.3 Å². The molecule has 0 saturated heterocycles. The lowest BCUT2D eigenvalue weighted by atomic mass is 9.96. The number of ether oxygens (including phenoxy) is 3. The van der Waals surface area contributed by atoms with E-state index in [4.69, 9.17) is 14.2 Å².